The van der Waals surface area contributed by atoms with E-state index in [9.17, 15) is 9.59 Å². The predicted octanol–water partition coefficient (Wildman–Crippen LogP) is 5.28. The van der Waals surface area contributed by atoms with Crippen LogP contribution in [0.3, 0.4) is 0 Å². The first-order valence-corrected chi connectivity index (χ1v) is 11.0. The molecule has 30 heavy (non-hydrogen) atoms. The highest BCUT2D eigenvalue weighted by Crippen LogP contribution is 2.39. The summed E-state index contributed by atoms with van der Waals surface area (Å²) in [5, 5.41) is -0.310. The van der Waals surface area contributed by atoms with Crippen molar-refractivity contribution < 1.29 is 23.8 Å². The molecule has 158 valence electrons. The first-order chi connectivity index (χ1) is 14.4. The third-order valence-corrected chi connectivity index (χ3v) is 5.81. The molecule has 0 bridgehead atoms. The second-order valence-corrected chi connectivity index (χ2v) is 8.31. The highest BCUT2D eigenvalue weighted by Gasteiger charge is 2.34. The number of benzene rings is 2. The van der Waals surface area contributed by atoms with Crippen molar-refractivity contribution in [3.05, 3.63) is 56.9 Å². The molecule has 1 aliphatic rings. The van der Waals surface area contributed by atoms with Crippen LogP contribution in [-0.4, -0.2) is 42.9 Å². The lowest BCUT2D eigenvalue weighted by Gasteiger charge is -2.13. The van der Waals surface area contributed by atoms with Crippen molar-refractivity contribution in [1.29, 1.82) is 0 Å². The number of carbonyl (C=O) groups excluding carboxylic acids is 2. The summed E-state index contributed by atoms with van der Waals surface area (Å²) in [6, 6.07) is 11.2. The number of rotatable bonds is 8. The van der Waals surface area contributed by atoms with Crippen molar-refractivity contribution in [3.63, 3.8) is 0 Å². The van der Waals surface area contributed by atoms with E-state index in [1.807, 2.05) is 44.2 Å². The van der Waals surface area contributed by atoms with Crippen LogP contribution in [-0.2, 0) is 4.79 Å². The summed E-state index contributed by atoms with van der Waals surface area (Å²) in [6.07, 6.45) is 1.68. The zero-order chi connectivity index (χ0) is 21.7. The number of amides is 2. The molecule has 2 aromatic rings. The monoisotopic (exact) mass is 491 g/mol. The van der Waals surface area contributed by atoms with Crippen LogP contribution in [0.1, 0.15) is 18.1 Å². The van der Waals surface area contributed by atoms with Crippen molar-refractivity contribution in [2.24, 2.45) is 0 Å². The molecular weight excluding hydrogens is 470 g/mol. The van der Waals surface area contributed by atoms with E-state index >= 15 is 0 Å². The van der Waals surface area contributed by atoms with Crippen LogP contribution >= 0.6 is 27.7 Å². The summed E-state index contributed by atoms with van der Waals surface area (Å²) in [5.41, 5.74) is 1.86. The van der Waals surface area contributed by atoms with E-state index in [1.165, 1.54) is 4.90 Å². The Morgan fingerprint density at radius 2 is 1.87 bits per heavy atom. The van der Waals surface area contributed by atoms with E-state index in [4.69, 9.17) is 14.2 Å². The lowest BCUT2D eigenvalue weighted by Crippen LogP contribution is -2.32. The molecular formula is C22H22BrNO5S. The Labute approximate surface area is 188 Å². The molecule has 1 aliphatic heterocycles. The molecule has 2 amide bonds. The Morgan fingerprint density at radius 3 is 2.53 bits per heavy atom. The van der Waals surface area contributed by atoms with Crippen LogP contribution in [0.5, 0.6) is 17.2 Å². The van der Waals surface area contributed by atoms with Gasteiger partial charge < -0.3 is 14.2 Å². The maximum Gasteiger partial charge on any atom is 0.293 e. The van der Waals surface area contributed by atoms with Gasteiger partial charge in [-0.25, -0.2) is 0 Å². The van der Waals surface area contributed by atoms with E-state index < -0.39 is 0 Å². The minimum Gasteiger partial charge on any atom is -0.493 e. The second-order valence-electron chi connectivity index (χ2n) is 6.46. The van der Waals surface area contributed by atoms with Gasteiger partial charge in [0.2, 0.25) is 0 Å². The number of methoxy groups -OCH3 is 1. The molecule has 8 heteroatoms. The number of halogens is 1. The lowest BCUT2D eigenvalue weighted by molar-refractivity contribution is -0.123. The lowest BCUT2D eigenvalue weighted by atomic mass is 10.2. The van der Waals surface area contributed by atoms with Gasteiger partial charge in [0.25, 0.3) is 11.1 Å². The quantitative estimate of drug-likeness (QED) is 0.468. The number of hydrogen-bond acceptors (Lipinski definition) is 6. The normalized spacial score (nSPS) is 15.1. The molecule has 0 N–H and O–H groups in total. The Balaban J connectivity index is 1.70. The van der Waals surface area contributed by atoms with Gasteiger partial charge in [0, 0.05) is 0 Å². The molecule has 0 aromatic heterocycles. The van der Waals surface area contributed by atoms with E-state index in [-0.39, 0.29) is 24.3 Å². The van der Waals surface area contributed by atoms with Gasteiger partial charge in [-0.3, -0.25) is 14.5 Å². The Morgan fingerprint density at radius 1 is 1.13 bits per heavy atom. The van der Waals surface area contributed by atoms with Gasteiger partial charge >= 0.3 is 0 Å². The number of ether oxygens (including phenoxy) is 3. The first-order valence-electron chi connectivity index (χ1n) is 9.38. The van der Waals surface area contributed by atoms with Crippen molar-refractivity contribution in [1.82, 2.24) is 4.90 Å². The minimum atomic E-state index is -0.332. The standard InChI is InChI=1S/C22H22BrNO5S/c1-4-28-20-17(23)11-15(12-18(20)27-3)13-19-21(25)24(22(26)30-19)9-10-29-16-7-5-14(2)6-8-16/h5-8,11-13H,4,9-10H2,1-3H3/b19-13-. The number of imide groups is 1. The van der Waals surface area contributed by atoms with Gasteiger partial charge in [0.05, 0.1) is 29.6 Å². The van der Waals surface area contributed by atoms with Crippen LogP contribution in [0.2, 0.25) is 0 Å². The van der Waals surface area contributed by atoms with E-state index in [1.54, 1.807) is 19.3 Å². The maximum absolute atomic E-state index is 12.7. The summed E-state index contributed by atoms with van der Waals surface area (Å²) in [7, 11) is 1.55. The fourth-order valence-electron chi connectivity index (χ4n) is 2.84. The highest BCUT2D eigenvalue weighted by atomic mass is 79.9. The molecule has 3 rings (SSSR count). The van der Waals surface area contributed by atoms with Gasteiger partial charge in [0.1, 0.15) is 12.4 Å². The van der Waals surface area contributed by atoms with Crippen molar-refractivity contribution in [2.75, 3.05) is 26.9 Å². The molecule has 0 atom stereocenters. The molecule has 0 unspecified atom stereocenters. The number of aryl methyl sites for hydroxylation is 1. The molecule has 0 aliphatic carbocycles. The summed E-state index contributed by atoms with van der Waals surface area (Å²) >= 11 is 4.38. The molecule has 1 fully saturated rings. The zero-order valence-corrected chi connectivity index (χ0v) is 19.3. The van der Waals surface area contributed by atoms with Crippen molar-refractivity contribution >= 4 is 44.9 Å². The second kappa shape index (κ2) is 10.0. The molecule has 2 aromatic carbocycles. The van der Waals surface area contributed by atoms with E-state index in [2.05, 4.69) is 15.9 Å². The average Bonchev–Trinajstić information content (AvgIpc) is 2.98. The van der Waals surface area contributed by atoms with E-state index in [0.29, 0.717) is 33.2 Å². The first kappa shape index (κ1) is 22.2. The largest absolute Gasteiger partial charge is 0.493 e. The van der Waals surface area contributed by atoms with Crippen LogP contribution in [0.15, 0.2) is 45.8 Å². The molecule has 0 saturated carbocycles. The van der Waals surface area contributed by atoms with Gasteiger partial charge in [-0.05, 0) is 77.4 Å². The van der Waals surface area contributed by atoms with Crippen LogP contribution in [0, 0.1) is 6.92 Å². The Bertz CT molecular complexity index is 974. The maximum atomic E-state index is 12.7. The van der Waals surface area contributed by atoms with Crippen LogP contribution in [0.4, 0.5) is 4.79 Å². The predicted molar refractivity (Wildman–Crippen MR) is 121 cm³/mol. The highest BCUT2D eigenvalue weighted by molar-refractivity contribution is 9.10. The van der Waals surface area contributed by atoms with Gasteiger partial charge in [-0.2, -0.15) is 0 Å². The van der Waals surface area contributed by atoms with Crippen molar-refractivity contribution in [2.45, 2.75) is 13.8 Å². The summed E-state index contributed by atoms with van der Waals surface area (Å²) in [6.45, 7) is 4.80. The summed E-state index contributed by atoms with van der Waals surface area (Å²) < 4.78 is 17.3. The summed E-state index contributed by atoms with van der Waals surface area (Å²) in [4.78, 5) is 26.6. The molecule has 1 heterocycles. The Kier molecular flexibility index (Phi) is 7.44. The molecule has 6 nitrogen and oxygen atoms in total. The van der Waals surface area contributed by atoms with Crippen LogP contribution < -0.4 is 14.2 Å². The third kappa shape index (κ3) is 5.17. The fraction of sp³-hybridized carbons (Fsp3) is 0.273. The number of carbonyl (C=O) groups is 2. The SMILES string of the molecule is CCOc1c(Br)cc(/C=C2\SC(=O)N(CCOc3ccc(C)cc3)C2=O)cc1OC. The van der Waals surface area contributed by atoms with Crippen LogP contribution in [0.25, 0.3) is 6.08 Å². The average molecular weight is 492 g/mol. The molecule has 1 saturated heterocycles. The smallest absolute Gasteiger partial charge is 0.293 e. The summed E-state index contributed by atoms with van der Waals surface area (Å²) in [5.74, 6) is 1.51. The van der Waals surface area contributed by atoms with Crippen molar-refractivity contribution in [3.8, 4) is 17.2 Å². The molecule has 0 spiro atoms. The fourth-order valence-corrected chi connectivity index (χ4v) is 4.28. The Hall–Kier alpha value is -2.45. The van der Waals surface area contributed by atoms with Gasteiger partial charge in [0.15, 0.2) is 11.5 Å². The zero-order valence-electron chi connectivity index (χ0n) is 16.9. The molecule has 0 radical (unpaired) electrons. The number of thioether (sulfide) groups is 1. The van der Waals surface area contributed by atoms with Gasteiger partial charge in [-0.1, -0.05) is 17.7 Å². The number of nitrogens with zero attached hydrogens (tertiary/aromatic N) is 1. The minimum absolute atomic E-state index is 0.187. The van der Waals surface area contributed by atoms with Gasteiger partial charge in [-0.15, -0.1) is 0 Å². The number of hydrogen-bond donors (Lipinski definition) is 0. The third-order valence-electron chi connectivity index (χ3n) is 4.32. The van der Waals surface area contributed by atoms with E-state index in [0.717, 1.165) is 22.9 Å². The topological polar surface area (TPSA) is 65.1 Å².